The molecule has 0 bridgehead atoms. The second-order valence-electron chi connectivity index (χ2n) is 4.78. The number of aryl methyl sites for hydroxylation is 1. The lowest BCUT2D eigenvalue weighted by molar-refractivity contribution is 0.0516. The first-order valence-electron chi connectivity index (χ1n) is 6.13. The van der Waals surface area contributed by atoms with Gasteiger partial charge in [-0.05, 0) is 18.8 Å². The quantitative estimate of drug-likeness (QED) is 0.818. The molecule has 2 N–H and O–H groups in total. The highest BCUT2D eigenvalue weighted by molar-refractivity contribution is 5.91. The third-order valence-corrected chi connectivity index (χ3v) is 3.63. The monoisotopic (exact) mass is 236 g/mol. The predicted molar refractivity (Wildman–Crippen MR) is 65.5 cm³/mol. The molecule has 2 atom stereocenters. The number of hydrogen-bond donors (Lipinski definition) is 1. The number of likely N-dealkylation sites (tertiary alicyclic amines) is 1. The minimum absolute atomic E-state index is 0.000463. The molecule has 0 spiro atoms. The van der Waals surface area contributed by atoms with E-state index in [2.05, 4.69) is 11.9 Å². The Balaban J connectivity index is 2.21. The highest BCUT2D eigenvalue weighted by Gasteiger charge is 2.32. The molecule has 5 heteroatoms. The first-order chi connectivity index (χ1) is 8.15. The Morgan fingerprint density at radius 2 is 2.41 bits per heavy atom. The Morgan fingerprint density at radius 1 is 1.65 bits per heavy atom. The molecule has 2 heterocycles. The summed E-state index contributed by atoms with van der Waals surface area (Å²) in [5.74, 6) is 0.968. The van der Waals surface area contributed by atoms with E-state index in [-0.39, 0.29) is 11.9 Å². The van der Waals surface area contributed by atoms with Crippen LogP contribution in [0.4, 0.5) is 0 Å². The second kappa shape index (κ2) is 4.87. The van der Waals surface area contributed by atoms with Gasteiger partial charge in [0.2, 0.25) is 0 Å². The normalized spacial score (nSPS) is 25.0. The Bertz CT molecular complexity index is 401. The Kier molecular flexibility index (Phi) is 3.47. The van der Waals surface area contributed by atoms with E-state index in [0.29, 0.717) is 18.3 Å². The van der Waals surface area contributed by atoms with Crippen LogP contribution in [0.25, 0.3) is 0 Å². The van der Waals surface area contributed by atoms with Crippen molar-refractivity contribution in [2.45, 2.75) is 25.8 Å². The molecule has 2 rings (SSSR count). The summed E-state index contributed by atoms with van der Waals surface area (Å²) >= 11 is 0. The molecular formula is C12H20N4O. The summed E-state index contributed by atoms with van der Waals surface area (Å²) in [7, 11) is 1.84. The summed E-state index contributed by atoms with van der Waals surface area (Å²) < 4.78 is 1.76. The smallest absolute Gasteiger partial charge is 0.290 e. The van der Waals surface area contributed by atoms with Crippen LogP contribution in [0.2, 0.25) is 0 Å². The summed E-state index contributed by atoms with van der Waals surface area (Å²) in [5, 5.41) is 0. The van der Waals surface area contributed by atoms with Crippen LogP contribution in [0, 0.1) is 5.92 Å². The number of amides is 1. The molecule has 1 saturated heterocycles. The summed E-state index contributed by atoms with van der Waals surface area (Å²) in [6.07, 6.45) is 5.64. The molecule has 0 aliphatic carbocycles. The van der Waals surface area contributed by atoms with E-state index in [0.717, 1.165) is 19.4 Å². The molecule has 1 fully saturated rings. The SMILES string of the molecule is CC1CCCN(C(=O)c2nccn2C)C1CN. The van der Waals surface area contributed by atoms with Gasteiger partial charge in [0.1, 0.15) is 0 Å². The molecule has 1 aliphatic heterocycles. The molecule has 5 nitrogen and oxygen atoms in total. The van der Waals surface area contributed by atoms with Crippen molar-refractivity contribution in [3.63, 3.8) is 0 Å². The average Bonchev–Trinajstić information content (AvgIpc) is 2.74. The number of carbonyl (C=O) groups is 1. The van der Waals surface area contributed by atoms with Gasteiger partial charge in [0.25, 0.3) is 5.91 Å². The maximum Gasteiger partial charge on any atom is 0.290 e. The molecule has 1 aromatic heterocycles. The summed E-state index contributed by atoms with van der Waals surface area (Å²) in [4.78, 5) is 18.4. The maximum atomic E-state index is 12.4. The van der Waals surface area contributed by atoms with Gasteiger partial charge in [-0.25, -0.2) is 4.98 Å². The number of piperidine rings is 1. The fourth-order valence-corrected chi connectivity index (χ4v) is 2.56. The third-order valence-electron chi connectivity index (χ3n) is 3.63. The molecule has 0 aromatic carbocycles. The minimum atomic E-state index is -0.000463. The maximum absolute atomic E-state index is 12.4. The van der Waals surface area contributed by atoms with E-state index in [1.54, 1.807) is 17.0 Å². The van der Waals surface area contributed by atoms with Crippen LogP contribution in [-0.2, 0) is 7.05 Å². The summed E-state index contributed by atoms with van der Waals surface area (Å²) in [5.41, 5.74) is 5.79. The van der Waals surface area contributed by atoms with E-state index >= 15 is 0 Å². The average molecular weight is 236 g/mol. The van der Waals surface area contributed by atoms with Crippen molar-refractivity contribution >= 4 is 5.91 Å². The van der Waals surface area contributed by atoms with Crippen molar-refractivity contribution in [1.82, 2.24) is 14.5 Å². The molecule has 94 valence electrons. The van der Waals surface area contributed by atoms with Crippen molar-refractivity contribution in [2.75, 3.05) is 13.1 Å². The Hall–Kier alpha value is -1.36. The van der Waals surface area contributed by atoms with Crippen molar-refractivity contribution in [2.24, 2.45) is 18.7 Å². The fraction of sp³-hybridized carbons (Fsp3) is 0.667. The predicted octanol–water partition coefficient (Wildman–Crippen LogP) is 0.620. The molecule has 1 aliphatic rings. The lowest BCUT2D eigenvalue weighted by Crippen LogP contribution is -2.51. The van der Waals surface area contributed by atoms with Crippen LogP contribution >= 0.6 is 0 Å². The number of aromatic nitrogens is 2. The van der Waals surface area contributed by atoms with Gasteiger partial charge < -0.3 is 15.2 Å². The summed E-state index contributed by atoms with van der Waals surface area (Å²) in [6, 6.07) is 0.146. The van der Waals surface area contributed by atoms with E-state index in [9.17, 15) is 4.79 Å². The minimum Gasteiger partial charge on any atom is -0.331 e. The number of imidazole rings is 1. The largest absolute Gasteiger partial charge is 0.331 e. The highest BCUT2D eigenvalue weighted by atomic mass is 16.2. The van der Waals surface area contributed by atoms with Gasteiger partial charge in [0.15, 0.2) is 5.82 Å². The standard InChI is InChI=1S/C12H20N4O/c1-9-4-3-6-16(10(9)8-13)12(17)11-14-5-7-15(11)2/h5,7,9-10H,3-4,6,8,13H2,1-2H3. The number of hydrogen-bond acceptors (Lipinski definition) is 3. The first kappa shape index (κ1) is 12.1. The zero-order valence-electron chi connectivity index (χ0n) is 10.5. The van der Waals surface area contributed by atoms with Crippen LogP contribution in [0.15, 0.2) is 12.4 Å². The van der Waals surface area contributed by atoms with E-state index in [1.165, 1.54) is 0 Å². The summed E-state index contributed by atoms with van der Waals surface area (Å²) in [6.45, 7) is 3.48. The van der Waals surface area contributed by atoms with Gasteiger partial charge >= 0.3 is 0 Å². The molecule has 17 heavy (non-hydrogen) atoms. The van der Waals surface area contributed by atoms with Crippen LogP contribution in [0.5, 0.6) is 0 Å². The van der Waals surface area contributed by atoms with E-state index in [1.807, 2.05) is 11.9 Å². The first-order valence-corrected chi connectivity index (χ1v) is 6.13. The molecule has 1 aromatic rings. The van der Waals surface area contributed by atoms with Crippen molar-refractivity contribution in [1.29, 1.82) is 0 Å². The zero-order valence-corrected chi connectivity index (χ0v) is 10.5. The molecule has 0 radical (unpaired) electrons. The van der Waals surface area contributed by atoms with E-state index in [4.69, 9.17) is 5.73 Å². The van der Waals surface area contributed by atoms with Crippen LogP contribution < -0.4 is 5.73 Å². The number of rotatable bonds is 2. The van der Waals surface area contributed by atoms with Crippen LogP contribution in [-0.4, -0.2) is 39.5 Å². The number of carbonyl (C=O) groups excluding carboxylic acids is 1. The topological polar surface area (TPSA) is 64.2 Å². The van der Waals surface area contributed by atoms with E-state index < -0.39 is 0 Å². The Labute approximate surface area is 102 Å². The van der Waals surface area contributed by atoms with Gasteiger partial charge in [-0.2, -0.15) is 0 Å². The zero-order chi connectivity index (χ0) is 12.4. The van der Waals surface area contributed by atoms with Gasteiger partial charge in [0.05, 0.1) is 0 Å². The van der Waals surface area contributed by atoms with Crippen molar-refractivity contribution in [3.05, 3.63) is 18.2 Å². The van der Waals surface area contributed by atoms with Gasteiger partial charge in [-0.15, -0.1) is 0 Å². The molecular weight excluding hydrogens is 216 g/mol. The number of nitrogens with two attached hydrogens (primary N) is 1. The second-order valence-corrected chi connectivity index (χ2v) is 4.78. The third kappa shape index (κ3) is 2.20. The van der Waals surface area contributed by atoms with Crippen molar-refractivity contribution in [3.8, 4) is 0 Å². The van der Waals surface area contributed by atoms with Crippen molar-refractivity contribution < 1.29 is 4.79 Å². The van der Waals surface area contributed by atoms with Crippen LogP contribution in [0.1, 0.15) is 30.4 Å². The highest BCUT2D eigenvalue weighted by Crippen LogP contribution is 2.23. The lowest BCUT2D eigenvalue weighted by Gasteiger charge is -2.39. The van der Waals surface area contributed by atoms with Crippen LogP contribution in [0.3, 0.4) is 0 Å². The molecule has 2 unspecified atom stereocenters. The lowest BCUT2D eigenvalue weighted by atomic mass is 9.90. The molecule has 1 amide bonds. The Morgan fingerprint density at radius 3 is 3.00 bits per heavy atom. The number of nitrogens with zero attached hydrogens (tertiary/aromatic N) is 3. The fourth-order valence-electron chi connectivity index (χ4n) is 2.56. The van der Waals surface area contributed by atoms with Gasteiger partial charge in [-0.1, -0.05) is 6.92 Å². The van der Waals surface area contributed by atoms with Gasteiger partial charge in [-0.3, -0.25) is 4.79 Å². The molecule has 0 saturated carbocycles. The van der Waals surface area contributed by atoms with Gasteiger partial charge in [0, 0.05) is 38.6 Å².